The fourth-order valence-corrected chi connectivity index (χ4v) is 2.49. The largest absolute Gasteiger partial charge is 0.292 e. The summed E-state index contributed by atoms with van der Waals surface area (Å²) in [5.74, 6) is 0. The summed E-state index contributed by atoms with van der Waals surface area (Å²) in [5.41, 5.74) is 6.82. The molecule has 0 radical (unpaired) electrons. The molecule has 0 amide bonds. The monoisotopic (exact) mass is 240 g/mol. The maximum absolute atomic E-state index is 4.56. The van der Waals surface area contributed by atoms with E-state index >= 15 is 0 Å². The van der Waals surface area contributed by atoms with Gasteiger partial charge in [0.25, 0.3) is 0 Å². The van der Waals surface area contributed by atoms with Crippen LogP contribution in [0, 0.1) is 13.8 Å². The summed E-state index contributed by atoms with van der Waals surface area (Å²) in [6, 6.07) is 2.17. The third-order valence-electron chi connectivity index (χ3n) is 3.51. The lowest BCUT2D eigenvalue weighted by Gasteiger charge is -2.10. The molecule has 0 N–H and O–H groups in total. The molecule has 0 aliphatic carbocycles. The van der Waals surface area contributed by atoms with Crippen molar-refractivity contribution < 1.29 is 0 Å². The van der Waals surface area contributed by atoms with Crippen LogP contribution < -0.4 is 0 Å². The summed E-state index contributed by atoms with van der Waals surface area (Å²) in [6.07, 6.45) is 4.82. The molecule has 18 heavy (non-hydrogen) atoms. The highest BCUT2D eigenvalue weighted by Gasteiger charge is 2.14. The topological polar surface area (TPSA) is 43.1 Å². The number of aromatic nitrogens is 3. The van der Waals surface area contributed by atoms with Crippen molar-refractivity contribution in [1.29, 1.82) is 0 Å². The predicted molar refractivity (Wildman–Crippen MR) is 72.1 cm³/mol. The van der Waals surface area contributed by atoms with Crippen molar-refractivity contribution in [3.63, 3.8) is 0 Å². The van der Waals surface area contributed by atoms with Crippen LogP contribution in [0.2, 0.25) is 0 Å². The van der Waals surface area contributed by atoms with Gasteiger partial charge in [-0.2, -0.15) is 5.10 Å². The van der Waals surface area contributed by atoms with Crippen molar-refractivity contribution in [3.8, 4) is 11.1 Å². The number of rotatable bonds is 1. The number of hydrogen-bond donors (Lipinski definition) is 0. The van der Waals surface area contributed by atoms with Gasteiger partial charge < -0.3 is 0 Å². The van der Waals surface area contributed by atoms with Gasteiger partial charge in [-0.3, -0.25) is 14.7 Å². The molecule has 0 fully saturated rings. The van der Waals surface area contributed by atoms with E-state index in [1.807, 2.05) is 31.1 Å². The third-order valence-corrected chi connectivity index (χ3v) is 3.51. The van der Waals surface area contributed by atoms with Crippen LogP contribution in [-0.2, 0) is 13.5 Å². The smallest absolute Gasteiger partial charge is 0.0675 e. The molecule has 0 bridgehead atoms. The van der Waals surface area contributed by atoms with Gasteiger partial charge in [0, 0.05) is 54.8 Å². The summed E-state index contributed by atoms with van der Waals surface area (Å²) in [7, 11) is 1.97. The van der Waals surface area contributed by atoms with Crippen LogP contribution in [0.5, 0.6) is 0 Å². The second-order valence-corrected chi connectivity index (χ2v) is 4.71. The number of aryl methyl sites for hydroxylation is 2. The Morgan fingerprint density at radius 3 is 2.83 bits per heavy atom. The van der Waals surface area contributed by atoms with Crippen LogP contribution in [-0.4, -0.2) is 27.5 Å². The molecule has 3 rings (SSSR count). The first-order chi connectivity index (χ1) is 8.66. The zero-order chi connectivity index (χ0) is 12.7. The average molecular weight is 240 g/mol. The highest BCUT2D eigenvalue weighted by molar-refractivity contribution is 5.85. The van der Waals surface area contributed by atoms with Gasteiger partial charge >= 0.3 is 0 Å². The Balaban J connectivity index is 2.16. The van der Waals surface area contributed by atoms with E-state index in [-0.39, 0.29) is 0 Å². The second-order valence-electron chi connectivity index (χ2n) is 4.71. The molecule has 92 valence electrons. The first-order valence-electron chi connectivity index (χ1n) is 6.16. The summed E-state index contributed by atoms with van der Waals surface area (Å²) in [4.78, 5) is 8.88. The Morgan fingerprint density at radius 2 is 2.11 bits per heavy atom. The first kappa shape index (κ1) is 11.1. The fraction of sp³-hybridized carbons (Fsp3) is 0.357. The van der Waals surface area contributed by atoms with Gasteiger partial charge in [0.1, 0.15) is 0 Å². The SMILES string of the molecule is Cc1nn(C)c(C)c1-c1cnc2c(c1)C=NCC2. The van der Waals surface area contributed by atoms with Crippen molar-refractivity contribution in [2.45, 2.75) is 20.3 Å². The van der Waals surface area contributed by atoms with Crippen LogP contribution in [0.1, 0.15) is 22.6 Å². The van der Waals surface area contributed by atoms with E-state index in [0.717, 1.165) is 35.5 Å². The molecule has 3 heterocycles. The van der Waals surface area contributed by atoms with Crippen LogP contribution in [0.4, 0.5) is 0 Å². The second kappa shape index (κ2) is 4.05. The molecule has 0 unspecified atom stereocenters. The normalized spacial score (nSPS) is 13.7. The van der Waals surface area contributed by atoms with Gasteiger partial charge in [-0.15, -0.1) is 0 Å². The van der Waals surface area contributed by atoms with E-state index < -0.39 is 0 Å². The van der Waals surface area contributed by atoms with Crippen molar-refractivity contribution in [1.82, 2.24) is 14.8 Å². The Morgan fingerprint density at radius 1 is 1.28 bits per heavy atom. The van der Waals surface area contributed by atoms with E-state index in [9.17, 15) is 0 Å². The minimum Gasteiger partial charge on any atom is -0.292 e. The lowest BCUT2D eigenvalue weighted by molar-refractivity contribution is 0.731. The lowest BCUT2D eigenvalue weighted by Crippen LogP contribution is -2.05. The maximum Gasteiger partial charge on any atom is 0.0675 e. The molecule has 0 spiro atoms. The fourth-order valence-electron chi connectivity index (χ4n) is 2.49. The van der Waals surface area contributed by atoms with Gasteiger partial charge in [-0.05, 0) is 19.9 Å². The minimum absolute atomic E-state index is 0.851. The van der Waals surface area contributed by atoms with Crippen LogP contribution in [0.25, 0.3) is 11.1 Å². The lowest BCUT2D eigenvalue weighted by atomic mass is 10.0. The zero-order valence-corrected chi connectivity index (χ0v) is 10.9. The molecule has 0 saturated heterocycles. The van der Waals surface area contributed by atoms with Crippen LogP contribution >= 0.6 is 0 Å². The predicted octanol–water partition coefficient (Wildman–Crippen LogP) is 2.07. The van der Waals surface area contributed by atoms with Crippen LogP contribution in [0.15, 0.2) is 17.3 Å². The van der Waals surface area contributed by atoms with Crippen molar-refractivity contribution in [3.05, 3.63) is 34.9 Å². The van der Waals surface area contributed by atoms with Gasteiger partial charge in [0.2, 0.25) is 0 Å². The van der Waals surface area contributed by atoms with E-state index in [1.165, 1.54) is 11.3 Å². The van der Waals surface area contributed by atoms with Crippen molar-refractivity contribution >= 4 is 6.21 Å². The Labute approximate surface area is 106 Å². The van der Waals surface area contributed by atoms with Gasteiger partial charge in [0.15, 0.2) is 0 Å². The Kier molecular flexibility index (Phi) is 2.51. The highest BCUT2D eigenvalue weighted by atomic mass is 15.3. The van der Waals surface area contributed by atoms with Gasteiger partial charge in [0.05, 0.1) is 11.4 Å². The molecular weight excluding hydrogens is 224 g/mol. The van der Waals surface area contributed by atoms with E-state index in [0.29, 0.717) is 0 Å². The molecule has 2 aromatic rings. The van der Waals surface area contributed by atoms with Gasteiger partial charge in [-0.25, -0.2) is 0 Å². The number of nitrogens with zero attached hydrogens (tertiary/aromatic N) is 4. The molecule has 4 heteroatoms. The quantitative estimate of drug-likeness (QED) is 0.766. The zero-order valence-electron chi connectivity index (χ0n) is 10.9. The molecule has 0 aromatic carbocycles. The minimum atomic E-state index is 0.851. The molecule has 2 aromatic heterocycles. The summed E-state index contributed by atoms with van der Waals surface area (Å²) in [6.45, 7) is 4.98. The molecule has 0 saturated carbocycles. The molecular formula is C14H16N4. The summed E-state index contributed by atoms with van der Waals surface area (Å²) < 4.78 is 1.91. The maximum atomic E-state index is 4.56. The number of fused-ring (bicyclic) bond motifs is 1. The molecule has 1 aliphatic heterocycles. The van der Waals surface area contributed by atoms with Gasteiger partial charge in [-0.1, -0.05) is 0 Å². The number of pyridine rings is 1. The Bertz CT molecular complexity index is 637. The molecule has 1 aliphatic rings. The third kappa shape index (κ3) is 1.65. The van der Waals surface area contributed by atoms with E-state index in [4.69, 9.17) is 0 Å². The number of hydrogen-bond acceptors (Lipinski definition) is 3. The molecule has 0 atom stereocenters. The molecule has 4 nitrogen and oxygen atoms in total. The van der Waals surface area contributed by atoms with Crippen molar-refractivity contribution in [2.24, 2.45) is 12.0 Å². The standard InChI is InChI=1S/C14H16N4/c1-9-14(10(2)18(3)17-9)12-6-11-7-15-5-4-13(11)16-8-12/h6-8H,4-5H2,1-3H3. The summed E-state index contributed by atoms with van der Waals surface area (Å²) >= 11 is 0. The van der Waals surface area contributed by atoms with Crippen LogP contribution in [0.3, 0.4) is 0 Å². The summed E-state index contributed by atoms with van der Waals surface area (Å²) in [5, 5.41) is 4.45. The Hall–Kier alpha value is -1.97. The first-order valence-corrected chi connectivity index (χ1v) is 6.16. The highest BCUT2D eigenvalue weighted by Crippen LogP contribution is 2.27. The van der Waals surface area contributed by atoms with E-state index in [1.54, 1.807) is 0 Å². The average Bonchev–Trinajstić information content (AvgIpc) is 2.63. The number of aliphatic imine (C=N–C) groups is 1. The van der Waals surface area contributed by atoms with Crippen molar-refractivity contribution in [2.75, 3.05) is 6.54 Å². The van der Waals surface area contributed by atoms with E-state index in [2.05, 4.69) is 28.1 Å².